The monoisotopic (exact) mass is 253 g/mol. The van der Waals surface area contributed by atoms with Crippen molar-refractivity contribution in [3.8, 4) is 0 Å². The predicted octanol–water partition coefficient (Wildman–Crippen LogP) is 2.51. The van der Waals surface area contributed by atoms with Gasteiger partial charge in [-0.15, -0.1) is 6.58 Å². The molecule has 0 bridgehead atoms. The quantitative estimate of drug-likeness (QED) is 0.775. The summed E-state index contributed by atoms with van der Waals surface area (Å²) in [4.78, 5) is 21.8. The molecule has 1 aromatic heterocycles. The number of carbonyl (C=O) groups excluding carboxylic acids is 1. The number of likely N-dealkylation sites (N-methyl/N-ethyl adjacent to an activating group) is 1. The number of aromatic nitrogens is 2. The molecule has 0 aliphatic heterocycles. The van der Waals surface area contributed by atoms with E-state index in [-0.39, 0.29) is 22.5 Å². The summed E-state index contributed by atoms with van der Waals surface area (Å²) in [6.07, 6.45) is 3.12. The second-order valence-electron chi connectivity index (χ2n) is 4.05. The molecule has 1 rings (SSSR count). The summed E-state index contributed by atoms with van der Waals surface area (Å²) in [5, 5.41) is 0.273. The molecule has 0 unspecified atom stereocenters. The first-order valence-electron chi connectivity index (χ1n) is 5.36. The van der Waals surface area contributed by atoms with Crippen molar-refractivity contribution in [2.45, 2.75) is 19.8 Å². The van der Waals surface area contributed by atoms with Crippen molar-refractivity contribution in [3.05, 3.63) is 35.4 Å². The molecule has 0 aromatic carbocycles. The molecule has 0 N–H and O–H groups in total. The molecule has 5 heteroatoms. The van der Waals surface area contributed by atoms with Crippen molar-refractivity contribution in [2.75, 3.05) is 13.6 Å². The molecule has 92 valence electrons. The van der Waals surface area contributed by atoms with Gasteiger partial charge in [-0.3, -0.25) is 4.79 Å². The average Bonchev–Trinajstić information content (AvgIpc) is 2.28. The molecule has 0 fully saturated rings. The summed E-state index contributed by atoms with van der Waals surface area (Å²) >= 11 is 5.94. The summed E-state index contributed by atoms with van der Waals surface area (Å²) in [5.74, 6) is 0.549. The van der Waals surface area contributed by atoms with E-state index in [1.54, 1.807) is 13.1 Å². The Morgan fingerprint density at radius 1 is 1.65 bits per heavy atom. The zero-order valence-electron chi connectivity index (χ0n) is 10.3. The molecule has 1 aromatic rings. The summed E-state index contributed by atoms with van der Waals surface area (Å²) < 4.78 is 0. The number of hydrogen-bond acceptors (Lipinski definition) is 3. The molecule has 0 atom stereocenters. The van der Waals surface area contributed by atoms with E-state index in [4.69, 9.17) is 11.6 Å². The lowest BCUT2D eigenvalue weighted by Crippen LogP contribution is -2.28. The maximum absolute atomic E-state index is 12.0. The van der Waals surface area contributed by atoms with E-state index < -0.39 is 0 Å². The number of nitrogens with zero attached hydrogens (tertiary/aromatic N) is 3. The van der Waals surface area contributed by atoms with Crippen LogP contribution in [-0.2, 0) is 0 Å². The summed E-state index contributed by atoms with van der Waals surface area (Å²) in [7, 11) is 1.68. The average molecular weight is 254 g/mol. The van der Waals surface area contributed by atoms with Crippen LogP contribution in [0, 0.1) is 0 Å². The second kappa shape index (κ2) is 5.77. The smallest absolute Gasteiger partial charge is 0.274 e. The number of rotatable bonds is 4. The highest BCUT2D eigenvalue weighted by Crippen LogP contribution is 2.17. The van der Waals surface area contributed by atoms with Gasteiger partial charge in [-0.05, 0) is 0 Å². The normalized spacial score (nSPS) is 10.4. The highest BCUT2D eigenvalue weighted by molar-refractivity contribution is 6.33. The van der Waals surface area contributed by atoms with Gasteiger partial charge in [0.05, 0.1) is 11.2 Å². The van der Waals surface area contributed by atoms with Gasteiger partial charge in [-0.1, -0.05) is 31.5 Å². The fraction of sp³-hybridized carbons (Fsp3) is 0.417. The van der Waals surface area contributed by atoms with Gasteiger partial charge in [0.1, 0.15) is 5.82 Å². The highest BCUT2D eigenvalue weighted by atomic mass is 35.5. The van der Waals surface area contributed by atoms with E-state index >= 15 is 0 Å². The van der Waals surface area contributed by atoms with Gasteiger partial charge in [0.2, 0.25) is 0 Å². The van der Waals surface area contributed by atoms with Gasteiger partial charge >= 0.3 is 0 Å². The lowest BCUT2D eigenvalue weighted by Gasteiger charge is -2.15. The Morgan fingerprint density at radius 3 is 2.82 bits per heavy atom. The first kappa shape index (κ1) is 13.6. The van der Waals surface area contributed by atoms with E-state index in [2.05, 4.69) is 16.5 Å². The molecule has 17 heavy (non-hydrogen) atoms. The first-order valence-corrected chi connectivity index (χ1v) is 5.74. The van der Waals surface area contributed by atoms with Crippen LogP contribution in [0.1, 0.15) is 36.1 Å². The Kier molecular flexibility index (Phi) is 4.63. The third-order valence-corrected chi connectivity index (χ3v) is 2.51. The standard InChI is InChI=1S/C12H16ClN3O/c1-5-6-16(4)12(17)10-9(13)7-14-11(15-10)8(2)3/h5,7-8H,1,6H2,2-4H3. The molecule has 0 saturated carbocycles. The number of hydrogen-bond donors (Lipinski definition) is 0. The largest absolute Gasteiger partial charge is 0.337 e. The van der Waals surface area contributed by atoms with E-state index in [1.165, 1.54) is 11.1 Å². The summed E-state index contributed by atoms with van der Waals surface area (Å²) in [6.45, 7) is 7.97. The Balaban J connectivity index is 3.07. The molecule has 0 spiro atoms. The zero-order chi connectivity index (χ0) is 13.0. The highest BCUT2D eigenvalue weighted by Gasteiger charge is 2.18. The van der Waals surface area contributed by atoms with Crippen LogP contribution in [0.2, 0.25) is 5.02 Å². The van der Waals surface area contributed by atoms with Gasteiger partial charge in [0.25, 0.3) is 5.91 Å². The predicted molar refractivity (Wildman–Crippen MR) is 68.3 cm³/mol. The van der Waals surface area contributed by atoms with Crippen molar-refractivity contribution in [3.63, 3.8) is 0 Å². The lowest BCUT2D eigenvalue weighted by atomic mass is 10.2. The number of carbonyl (C=O) groups is 1. The van der Waals surface area contributed by atoms with E-state index in [0.717, 1.165) is 0 Å². The maximum atomic E-state index is 12.0. The molecule has 1 amide bonds. The fourth-order valence-electron chi connectivity index (χ4n) is 1.27. The van der Waals surface area contributed by atoms with Crippen LogP contribution in [0.3, 0.4) is 0 Å². The van der Waals surface area contributed by atoms with Gasteiger partial charge in [-0.2, -0.15) is 0 Å². The number of amides is 1. The van der Waals surface area contributed by atoms with E-state index in [0.29, 0.717) is 12.4 Å². The van der Waals surface area contributed by atoms with Crippen LogP contribution in [-0.4, -0.2) is 34.4 Å². The fourth-order valence-corrected chi connectivity index (χ4v) is 1.44. The summed E-state index contributed by atoms with van der Waals surface area (Å²) in [5.41, 5.74) is 0.245. The van der Waals surface area contributed by atoms with Crippen LogP contribution in [0.5, 0.6) is 0 Å². The molecular formula is C12H16ClN3O. The van der Waals surface area contributed by atoms with Crippen LogP contribution in [0.15, 0.2) is 18.9 Å². The van der Waals surface area contributed by atoms with Gasteiger partial charge < -0.3 is 4.90 Å². The maximum Gasteiger partial charge on any atom is 0.274 e. The Labute approximate surface area is 106 Å². The Morgan fingerprint density at radius 2 is 2.29 bits per heavy atom. The minimum Gasteiger partial charge on any atom is -0.337 e. The summed E-state index contributed by atoms with van der Waals surface area (Å²) in [6, 6.07) is 0. The number of halogens is 1. The molecular weight excluding hydrogens is 238 g/mol. The van der Waals surface area contributed by atoms with Gasteiger partial charge in [-0.25, -0.2) is 9.97 Å². The van der Waals surface area contributed by atoms with E-state index in [1.807, 2.05) is 13.8 Å². The van der Waals surface area contributed by atoms with Crippen LogP contribution >= 0.6 is 11.6 Å². The molecule has 0 aliphatic carbocycles. The third kappa shape index (κ3) is 3.27. The first-order chi connectivity index (χ1) is 7.97. The second-order valence-corrected chi connectivity index (χ2v) is 4.46. The Hall–Kier alpha value is -1.42. The van der Waals surface area contributed by atoms with Crippen LogP contribution in [0.4, 0.5) is 0 Å². The molecule has 0 radical (unpaired) electrons. The van der Waals surface area contributed by atoms with Crippen molar-refractivity contribution in [2.24, 2.45) is 0 Å². The van der Waals surface area contributed by atoms with Gasteiger partial charge in [0, 0.05) is 19.5 Å². The molecule has 4 nitrogen and oxygen atoms in total. The van der Waals surface area contributed by atoms with Gasteiger partial charge in [0.15, 0.2) is 5.69 Å². The van der Waals surface area contributed by atoms with Crippen molar-refractivity contribution in [1.82, 2.24) is 14.9 Å². The zero-order valence-corrected chi connectivity index (χ0v) is 11.0. The minimum atomic E-state index is -0.223. The van der Waals surface area contributed by atoms with Crippen LogP contribution < -0.4 is 0 Å². The van der Waals surface area contributed by atoms with Crippen LogP contribution in [0.25, 0.3) is 0 Å². The Bertz CT molecular complexity index is 432. The molecule has 1 heterocycles. The van der Waals surface area contributed by atoms with Crippen molar-refractivity contribution in [1.29, 1.82) is 0 Å². The molecule has 0 aliphatic rings. The van der Waals surface area contributed by atoms with Crippen molar-refractivity contribution >= 4 is 17.5 Å². The third-order valence-electron chi connectivity index (χ3n) is 2.23. The SMILES string of the molecule is C=CCN(C)C(=O)c1nc(C(C)C)ncc1Cl. The van der Waals surface area contributed by atoms with Crippen molar-refractivity contribution < 1.29 is 4.79 Å². The lowest BCUT2D eigenvalue weighted by molar-refractivity contribution is 0.0804. The molecule has 0 saturated heterocycles. The minimum absolute atomic E-state index is 0.156. The van der Waals surface area contributed by atoms with E-state index in [9.17, 15) is 4.79 Å². The topological polar surface area (TPSA) is 46.1 Å².